The van der Waals surface area contributed by atoms with E-state index in [1.807, 2.05) is 0 Å². The summed E-state index contributed by atoms with van der Waals surface area (Å²) in [5.74, 6) is -0.481. The number of carboxylic acid groups (broad SMARTS) is 1. The highest BCUT2D eigenvalue weighted by molar-refractivity contribution is 5.90. The van der Waals surface area contributed by atoms with Gasteiger partial charge in [0.25, 0.3) is 0 Å². The third-order valence-electron chi connectivity index (χ3n) is 5.60. The summed E-state index contributed by atoms with van der Waals surface area (Å²) in [5.41, 5.74) is 1.26. The maximum Gasteiger partial charge on any atom is 0.338 e. The minimum atomic E-state index is -0.990. The summed E-state index contributed by atoms with van der Waals surface area (Å²) in [5, 5.41) is 8.65. The van der Waals surface area contributed by atoms with Gasteiger partial charge in [-0.15, -0.1) is 0 Å². The van der Waals surface area contributed by atoms with Gasteiger partial charge in [-0.2, -0.15) is 0 Å². The predicted octanol–water partition coefficient (Wildman–Crippen LogP) is 6.25. The van der Waals surface area contributed by atoms with Crippen molar-refractivity contribution in [2.24, 2.45) is 5.92 Å². The minimum Gasteiger partial charge on any atom is -0.478 e. The van der Waals surface area contributed by atoms with Gasteiger partial charge in [-0.05, 0) is 55.4 Å². The van der Waals surface area contributed by atoms with E-state index in [1.54, 1.807) is 24.3 Å². The quantitative estimate of drug-likeness (QED) is 0.277. The van der Waals surface area contributed by atoms with Crippen LogP contribution in [0.2, 0.25) is 0 Å². The largest absolute Gasteiger partial charge is 0.478 e. The number of unbranched alkanes of at least 4 members (excludes halogenated alkanes) is 5. The molecular formula is C24H34O4. The highest BCUT2D eigenvalue weighted by atomic mass is 16.5. The van der Waals surface area contributed by atoms with Crippen LogP contribution in [0.15, 0.2) is 30.3 Å². The Labute approximate surface area is 169 Å². The fourth-order valence-corrected chi connectivity index (χ4v) is 3.87. The molecule has 0 amide bonds. The maximum absolute atomic E-state index is 12.3. The van der Waals surface area contributed by atoms with Crippen molar-refractivity contribution in [1.82, 2.24) is 0 Å². The molecule has 0 spiro atoms. The van der Waals surface area contributed by atoms with Gasteiger partial charge in [-0.3, -0.25) is 0 Å². The molecule has 0 aromatic heterocycles. The van der Waals surface area contributed by atoms with Crippen molar-refractivity contribution in [2.45, 2.75) is 83.7 Å². The second-order valence-electron chi connectivity index (χ2n) is 7.90. The van der Waals surface area contributed by atoms with E-state index >= 15 is 0 Å². The number of rotatable bonds is 11. The SMILES string of the molecule is CCCCCCCCC1CCC(OC(=O)c2ccc(C=CC(=O)O)cc2)CC1. The molecule has 0 unspecified atom stereocenters. The van der Waals surface area contributed by atoms with Gasteiger partial charge in [0.15, 0.2) is 0 Å². The van der Waals surface area contributed by atoms with Gasteiger partial charge in [0, 0.05) is 6.08 Å². The third kappa shape index (κ3) is 8.28. The van der Waals surface area contributed by atoms with E-state index in [-0.39, 0.29) is 12.1 Å². The maximum atomic E-state index is 12.3. The third-order valence-corrected chi connectivity index (χ3v) is 5.60. The van der Waals surface area contributed by atoms with Gasteiger partial charge in [-0.1, -0.05) is 64.0 Å². The first-order valence-corrected chi connectivity index (χ1v) is 10.8. The number of benzene rings is 1. The zero-order valence-corrected chi connectivity index (χ0v) is 17.1. The molecule has 1 aliphatic rings. The number of esters is 1. The number of carboxylic acids is 1. The molecule has 1 aliphatic carbocycles. The summed E-state index contributed by atoms with van der Waals surface area (Å²) < 4.78 is 5.68. The lowest BCUT2D eigenvalue weighted by molar-refractivity contribution is -0.131. The molecule has 4 heteroatoms. The molecule has 1 fully saturated rings. The average molecular weight is 387 g/mol. The Bertz CT molecular complexity index is 625. The van der Waals surface area contributed by atoms with Gasteiger partial charge in [0.1, 0.15) is 6.10 Å². The standard InChI is InChI=1S/C24H34O4/c1-2-3-4-5-6-7-8-19-11-16-22(17-12-19)28-24(27)21-14-9-20(10-15-21)13-18-23(25)26/h9-10,13-15,18-19,22H,2-8,11-12,16-17H2,1H3,(H,25,26). The van der Waals surface area contributed by atoms with Crippen molar-refractivity contribution in [1.29, 1.82) is 0 Å². The van der Waals surface area contributed by atoms with E-state index in [4.69, 9.17) is 9.84 Å². The summed E-state index contributed by atoms with van der Waals surface area (Å²) in [6, 6.07) is 6.84. The van der Waals surface area contributed by atoms with Gasteiger partial charge < -0.3 is 9.84 Å². The van der Waals surface area contributed by atoms with Crippen LogP contribution in [0.1, 0.15) is 93.5 Å². The first kappa shape index (κ1) is 22.2. The van der Waals surface area contributed by atoms with E-state index in [1.165, 1.54) is 51.0 Å². The van der Waals surface area contributed by atoms with Crippen LogP contribution in [0.3, 0.4) is 0 Å². The predicted molar refractivity (Wildman–Crippen MR) is 112 cm³/mol. The van der Waals surface area contributed by atoms with Crippen molar-refractivity contribution in [3.63, 3.8) is 0 Å². The van der Waals surface area contributed by atoms with Gasteiger partial charge >= 0.3 is 11.9 Å². The van der Waals surface area contributed by atoms with E-state index in [2.05, 4.69) is 6.92 Å². The lowest BCUT2D eigenvalue weighted by Gasteiger charge is -2.28. The molecule has 0 radical (unpaired) electrons. The Morgan fingerprint density at radius 3 is 2.29 bits per heavy atom. The van der Waals surface area contributed by atoms with Gasteiger partial charge in [0.05, 0.1) is 5.56 Å². The number of carbonyl (C=O) groups excluding carboxylic acids is 1. The number of carbonyl (C=O) groups is 2. The summed E-state index contributed by atoms with van der Waals surface area (Å²) >= 11 is 0. The average Bonchev–Trinajstić information content (AvgIpc) is 2.70. The van der Waals surface area contributed by atoms with Crippen LogP contribution in [-0.2, 0) is 9.53 Å². The second-order valence-corrected chi connectivity index (χ2v) is 7.90. The molecule has 4 nitrogen and oxygen atoms in total. The normalized spacial score (nSPS) is 19.6. The smallest absolute Gasteiger partial charge is 0.338 e. The topological polar surface area (TPSA) is 63.6 Å². The molecule has 1 saturated carbocycles. The number of hydrogen-bond acceptors (Lipinski definition) is 3. The fraction of sp³-hybridized carbons (Fsp3) is 0.583. The van der Waals surface area contributed by atoms with Crippen molar-refractivity contribution in [3.05, 3.63) is 41.5 Å². The van der Waals surface area contributed by atoms with Crippen LogP contribution in [0.5, 0.6) is 0 Å². The minimum absolute atomic E-state index is 0.0277. The Hall–Kier alpha value is -2.10. The monoisotopic (exact) mass is 386 g/mol. The summed E-state index contributed by atoms with van der Waals surface area (Å²) in [6.07, 6.45) is 16.3. The molecule has 0 saturated heterocycles. The van der Waals surface area contributed by atoms with E-state index in [0.717, 1.165) is 43.2 Å². The molecule has 1 aromatic rings. The molecule has 0 bridgehead atoms. The molecule has 1 N–H and O–H groups in total. The van der Waals surface area contributed by atoms with Gasteiger partial charge in [0.2, 0.25) is 0 Å². The zero-order chi connectivity index (χ0) is 20.2. The van der Waals surface area contributed by atoms with Crippen LogP contribution in [-0.4, -0.2) is 23.1 Å². The molecule has 28 heavy (non-hydrogen) atoms. The Morgan fingerprint density at radius 1 is 1.00 bits per heavy atom. The molecule has 154 valence electrons. The summed E-state index contributed by atoms with van der Waals surface area (Å²) in [6.45, 7) is 2.25. The highest BCUT2D eigenvalue weighted by Gasteiger charge is 2.24. The lowest BCUT2D eigenvalue weighted by Crippen LogP contribution is -2.24. The molecule has 0 aliphatic heterocycles. The Morgan fingerprint density at radius 2 is 1.64 bits per heavy atom. The fourth-order valence-electron chi connectivity index (χ4n) is 3.87. The first-order valence-electron chi connectivity index (χ1n) is 10.8. The molecule has 0 atom stereocenters. The molecule has 1 aromatic carbocycles. The number of aliphatic carboxylic acids is 1. The highest BCUT2D eigenvalue weighted by Crippen LogP contribution is 2.30. The van der Waals surface area contributed by atoms with Crippen molar-refractivity contribution in [2.75, 3.05) is 0 Å². The Kier molecular flexibility index (Phi) is 9.81. The molecule has 0 heterocycles. The van der Waals surface area contributed by atoms with Crippen molar-refractivity contribution in [3.8, 4) is 0 Å². The van der Waals surface area contributed by atoms with Crippen LogP contribution in [0, 0.1) is 5.92 Å². The van der Waals surface area contributed by atoms with E-state index in [0.29, 0.717) is 5.56 Å². The summed E-state index contributed by atoms with van der Waals surface area (Å²) in [7, 11) is 0. The van der Waals surface area contributed by atoms with Crippen LogP contribution >= 0.6 is 0 Å². The van der Waals surface area contributed by atoms with E-state index < -0.39 is 5.97 Å². The van der Waals surface area contributed by atoms with Crippen molar-refractivity contribution >= 4 is 18.0 Å². The van der Waals surface area contributed by atoms with E-state index in [9.17, 15) is 9.59 Å². The van der Waals surface area contributed by atoms with Gasteiger partial charge in [-0.25, -0.2) is 9.59 Å². The second kappa shape index (κ2) is 12.4. The molecular weight excluding hydrogens is 352 g/mol. The van der Waals surface area contributed by atoms with Crippen LogP contribution < -0.4 is 0 Å². The van der Waals surface area contributed by atoms with Crippen LogP contribution in [0.25, 0.3) is 6.08 Å². The summed E-state index contributed by atoms with van der Waals surface area (Å²) in [4.78, 5) is 22.9. The van der Waals surface area contributed by atoms with Crippen LogP contribution in [0.4, 0.5) is 0 Å². The van der Waals surface area contributed by atoms with Crippen molar-refractivity contribution < 1.29 is 19.4 Å². The first-order chi connectivity index (χ1) is 13.6. The number of hydrogen-bond donors (Lipinski definition) is 1. The molecule has 2 rings (SSSR count). The Balaban J connectivity index is 1.66. The zero-order valence-electron chi connectivity index (χ0n) is 17.1. The lowest BCUT2D eigenvalue weighted by atomic mass is 9.84. The number of ether oxygens (including phenoxy) is 1.